The van der Waals surface area contributed by atoms with Crippen molar-refractivity contribution in [3.05, 3.63) is 16.1 Å². The number of aromatic nitrogens is 1. The van der Waals surface area contributed by atoms with Crippen LogP contribution in [0.2, 0.25) is 0 Å². The lowest BCUT2D eigenvalue weighted by atomic mass is 10.1. The maximum atomic E-state index is 5.37. The molecule has 0 bridgehead atoms. The molecule has 0 amide bonds. The number of hydrogen-bond acceptors (Lipinski definition) is 4. The van der Waals surface area contributed by atoms with Crippen molar-refractivity contribution in [1.29, 1.82) is 0 Å². The van der Waals surface area contributed by atoms with Gasteiger partial charge in [-0.2, -0.15) is 0 Å². The van der Waals surface area contributed by atoms with E-state index in [2.05, 4.69) is 22.6 Å². The number of hydrogen-bond donors (Lipinski definition) is 1. The van der Waals surface area contributed by atoms with Crippen LogP contribution in [0.15, 0.2) is 5.38 Å². The highest BCUT2D eigenvalue weighted by Crippen LogP contribution is 2.22. The SMILES string of the molecule is CNC(C)c1csc(CC2CCOC2)n1. The van der Waals surface area contributed by atoms with Crippen molar-refractivity contribution in [3.63, 3.8) is 0 Å². The van der Waals surface area contributed by atoms with Crippen LogP contribution in [0, 0.1) is 5.92 Å². The predicted octanol–water partition coefficient (Wildman–Crippen LogP) is 2.00. The van der Waals surface area contributed by atoms with Gasteiger partial charge in [-0.25, -0.2) is 4.98 Å². The summed E-state index contributed by atoms with van der Waals surface area (Å²) in [5, 5.41) is 6.62. The minimum atomic E-state index is 0.356. The van der Waals surface area contributed by atoms with Crippen LogP contribution in [0.25, 0.3) is 0 Å². The molecule has 15 heavy (non-hydrogen) atoms. The van der Waals surface area contributed by atoms with Gasteiger partial charge in [0.1, 0.15) is 0 Å². The summed E-state index contributed by atoms with van der Waals surface area (Å²) in [6.07, 6.45) is 2.28. The third kappa shape index (κ3) is 2.77. The van der Waals surface area contributed by atoms with Gasteiger partial charge < -0.3 is 10.1 Å². The van der Waals surface area contributed by atoms with E-state index in [0.717, 1.165) is 25.3 Å². The molecule has 1 aliphatic heterocycles. The van der Waals surface area contributed by atoms with Gasteiger partial charge in [-0.3, -0.25) is 0 Å². The van der Waals surface area contributed by atoms with E-state index in [4.69, 9.17) is 4.74 Å². The molecule has 4 heteroatoms. The lowest BCUT2D eigenvalue weighted by Crippen LogP contribution is -2.12. The zero-order valence-electron chi connectivity index (χ0n) is 9.32. The van der Waals surface area contributed by atoms with Crippen molar-refractivity contribution in [2.24, 2.45) is 5.92 Å². The highest BCUT2D eigenvalue weighted by atomic mass is 32.1. The summed E-state index contributed by atoms with van der Waals surface area (Å²) < 4.78 is 5.37. The Labute approximate surface area is 94.9 Å². The molecule has 1 saturated heterocycles. The van der Waals surface area contributed by atoms with E-state index in [1.165, 1.54) is 11.4 Å². The van der Waals surface area contributed by atoms with Crippen LogP contribution in [0.3, 0.4) is 0 Å². The smallest absolute Gasteiger partial charge is 0.0932 e. The molecule has 1 aliphatic rings. The molecule has 1 N–H and O–H groups in total. The van der Waals surface area contributed by atoms with Gasteiger partial charge in [0.15, 0.2) is 0 Å². The first-order valence-electron chi connectivity index (χ1n) is 5.49. The molecule has 1 fully saturated rings. The molecule has 0 aliphatic carbocycles. The van der Waals surface area contributed by atoms with Crippen molar-refractivity contribution < 1.29 is 4.74 Å². The van der Waals surface area contributed by atoms with E-state index in [9.17, 15) is 0 Å². The van der Waals surface area contributed by atoms with Gasteiger partial charge in [-0.05, 0) is 26.3 Å². The van der Waals surface area contributed by atoms with E-state index in [1.807, 2.05) is 7.05 Å². The number of nitrogens with zero attached hydrogens (tertiary/aromatic N) is 1. The van der Waals surface area contributed by atoms with Gasteiger partial charge in [0.2, 0.25) is 0 Å². The van der Waals surface area contributed by atoms with E-state index in [0.29, 0.717) is 12.0 Å². The van der Waals surface area contributed by atoms with Gasteiger partial charge in [0, 0.05) is 31.1 Å². The van der Waals surface area contributed by atoms with E-state index in [1.54, 1.807) is 11.3 Å². The second kappa shape index (κ2) is 5.05. The normalized spacial score (nSPS) is 23.2. The van der Waals surface area contributed by atoms with Crippen molar-refractivity contribution in [3.8, 4) is 0 Å². The Bertz CT molecular complexity index is 307. The summed E-state index contributed by atoms with van der Waals surface area (Å²) in [7, 11) is 1.97. The van der Waals surface area contributed by atoms with E-state index >= 15 is 0 Å². The highest BCUT2D eigenvalue weighted by Gasteiger charge is 2.18. The molecular weight excluding hydrogens is 208 g/mol. The first-order valence-corrected chi connectivity index (χ1v) is 6.37. The Morgan fingerprint density at radius 3 is 3.27 bits per heavy atom. The first-order chi connectivity index (χ1) is 7.29. The fourth-order valence-corrected chi connectivity index (χ4v) is 2.76. The monoisotopic (exact) mass is 226 g/mol. The number of rotatable bonds is 4. The lowest BCUT2D eigenvalue weighted by molar-refractivity contribution is 0.186. The van der Waals surface area contributed by atoms with Gasteiger partial charge in [0.05, 0.1) is 10.7 Å². The maximum Gasteiger partial charge on any atom is 0.0932 e. The Balaban J connectivity index is 1.94. The third-order valence-electron chi connectivity index (χ3n) is 2.93. The fourth-order valence-electron chi connectivity index (χ4n) is 1.76. The Hall–Kier alpha value is -0.450. The summed E-state index contributed by atoms with van der Waals surface area (Å²) in [5.74, 6) is 0.689. The summed E-state index contributed by atoms with van der Waals surface area (Å²) in [6, 6.07) is 0.356. The van der Waals surface area contributed by atoms with Crippen LogP contribution >= 0.6 is 11.3 Å². The summed E-state index contributed by atoms with van der Waals surface area (Å²) in [6.45, 7) is 3.98. The van der Waals surface area contributed by atoms with Crippen molar-refractivity contribution in [2.45, 2.75) is 25.8 Å². The first kappa shape index (κ1) is 11.0. The zero-order chi connectivity index (χ0) is 10.7. The average Bonchev–Trinajstić information content (AvgIpc) is 2.88. The largest absolute Gasteiger partial charge is 0.381 e. The molecule has 3 nitrogen and oxygen atoms in total. The lowest BCUT2D eigenvalue weighted by Gasteiger charge is -2.06. The average molecular weight is 226 g/mol. The van der Waals surface area contributed by atoms with Crippen LogP contribution in [-0.2, 0) is 11.2 Å². The van der Waals surface area contributed by atoms with Crippen LogP contribution in [0.4, 0.5) is 0 Å². The van der Waals surface area contributed by atoms with Crippen LogP contribution in [0.1, 0.15) is 30.1 Å². The van der Waals surface area contributed by atoms with Gasteiger partial charge in [-0.15, -0.1) is 11.3 Å². The maximum absolute atomic E-state index is 5.37. The molecule has 2 rings (SSSR count). The minimum absolute atomic E-state index is 0.356. The molecule has 84 valence electrons. The molecule has 0 radical (unpaired) electrons. The number of thiazole rings is 1. The standard InChI is InChI=1S/C11H18N2OS/c1-8(12-2)10-7-15-11(13-10)5-9-3-4-14-6-9/h7-9,12H,3-6H2,1-2H3. The van der Waals surface area contributed by atoms with Crippen LogP contribution in [-0.4, -0.2) is 25.2 Å². The molecule has 0 spiro atoms. The summed E-state index contributed by atoms with van der Waals surface area (Å²) in [5.41, 5.74) is 1.16. The summed E-state index contributed by atoms with van der Waals surface area (Å²) >= 11 is 1.77. The Kier molecular flexibility index (Phi) is 3.72. The minimum Gasteiger partial charge on any atom is -0.381 e. The van der Waals surface area contributed by atoms with Crippen LogP contribution in [0.5, 0.6) is 0 Å². The van der Waals surface area contributed by atoms with Gasteiger partial charge in [0.25, 0.3) is 0 Å². The predicted molar refractivity (Wildman–Crippen MR) is 62.2 cm³/mol. The fraction of sp³-hybridized carbons (Fsp3) is 0.727. The van der Waals surface area contributed by atoms with Crippen molar-refractivity contribution in [1.82, 2.24) is 10.3 Å². The molecule has 2 unspecified atom stereocenters. The molecule has 2 atom stereocenters. The van der Waals surface area contributed by atoms with Gasteiger partial charge >= 0.3 is 0 Å². The number of nitrogens with one attached hydrogen (secondary N) is 1. The van der Waals surface area contributed by atoms with Crippen molar-refractivity contribution >= 4 is 11.3 Å². The van der Waals surface area contributed by atoms with Crippen LogP contribution < -0.4 is 5.32 Å². The molecule has 2 heterocycles. The highest BCUT2D eigenvalue weighted by molar-refractivity contribution is 7.09. The molecular formula is C11H18N2OS. The van der Waals surface area contributed by atoms with E-state index in [-0.39, 0.29) is 0 Å². The quantitative estimate of drug-likeness (QED) is 0.852. The molecule has 1 aromatic rings. The Morgan fingerprint density at radius 1 is 1.73 bits per heavy atom. The Morgan fingerprint density at radius 2 is 2.60 bits per heavy atom. The van der Waals surface area contributed by atoms with Crippen molar-refractivity contribution in [2.75, 3.05) is 20.3 Å². The molecule has 0 aromatic carbocycles. The molecule has 0 saturated carbocycles. The van der Waals surface area contributed by atoms with Gasteiger partial charge in [-0.1, -0.05) is 0 Å². The zero-order valence-corrected chi connectivity index (χ0v) is 10.1. The topological polar surface area (TPSA) is 34.1 Å². The second-order valence-electron chi connectivity index (χ2n) is 4.11. The number of ether oxygens (including phenoxy) is 1. The second-order valence-corrected chi connectivity index (χ2v) is 5.05. The third-order valence-corrected chi connectivity index (χ3v) is 3.82. The summed E-state index contributed by atoms with van der Waals surface area (Å²) in [4.78, 5) is 4.64. The molecule has 1 aromatic heterocycles. The van der Waals surface area contributed by atoms with E-state index < -0.39 is 0 Å².